The van der Waals surface area contributed by atoms with Crippen LogP contribution in [-0.2, 0) is 4.79 Å². The van der Waals surface area contributed by atoms with Crippen LogP contribution in [0.3, 0.4) is 0 Å². The maximum Gasteiger partial charge on any atom is 0.266 e. The maximum absolute atomic E-state index is 12.1. The van der Waals surface area contributed by atoms with Gasteiger partial charge in [-0.2, -0.15) is 0 Å². The molecule has 0 unspecified atom stereocenters. The van der Waals surface area contributed by atoms with Crippen molar-refractivity contribution in [1.82, 2.24) is 4.90 Å². The molecule has 3 nitrogen and oxygen atoms in total. The Morgan fingerprint density at radius 2 is 2.19 bits per heavy atom. The molecule has 0 N–H and O–H groups in total. The highest BCUT2D eigenvalue weighted by Gasteiger charge is 2.30. The van der Waals surface area contributed by atoms with E-state index in [1.165, 1.54) is 16.7 Å². The topological polar surface area (TPSA) is 29.5 Å². The van der Waals surface area contributed by atoms with E-state index in [4.69, 9.17) is 17.0 Å². The normalized spacial score (nSPS) is 17.0. The molecule has 0 radical (unpaired) electrons. The van der Waals surface area contributed by atoms with E-state index >= 15 is 0 Å². The van der Waals surface area contributed by atoms with E-state index in [1.807, 2.05) is 36.4 Å². The van der Waals surface area contributed by atoms with Crippen molar-refractivity contribution >= 4 is 40.3 Å². The predicted octanol–water partition coefficient (Wildman–Crippen LogP) is 3.64. The summed E-state index contributed by atoms with van der Waals surface area (Å²) in [6, 6.07) is 7.69. The smallest absolute Gasteiger partial charge is 0.266 e. The number of carbonyl (C=O) groups is 1. The van der Waals surface area contributed by atoms with Crippen LogP contribution < -0.4 is 4.74 Å². The number of benzene rings is 1. The molecule has 0 aliphatic carbocycles. The molecule has 0 bridgehead atoms. The van der Waals surface area contributed by atoms with E-state index in [0.717, 1.165) is 11.3 Å². The van der Waals surface area contributed by atoms with Crippen molar-refractivity contribution in [3.05, 3.63) is 59.5 Å². The SMILES string of the molecule is C=CCN1C(=O)/C(=C/C=C/c2ccccc2OC)SC1=S. The standard InChI is InChI=1S/C16H15NO2S2/c1-3-11-17-15(18)14(21-16(17)20)10-6-8-12-7-4-5-9-13(12)19-2/h3-10H,1,11H2,2H3/b8-6+,14-10-. The third-order valence-corrected chi connectivity index (χ3v) is 4.24. The predicted molar refractivity (Wildman–Crippen MR) is 92.2 cm³/mol. The molecule has 0 spiro atoms. The minimum absolute atomic E-state index is 0.0745. The van der Waals surface area contributed by atoms with E-state index in [2.05, 4.69) is 6.58 Å². The fourth-order valence-electron chi connectivity index (χ4n) is 1.84. The van der Waals surface area contributed by atoms with Crippen LogP contribution in [0.2, 0.25) is 0 Å². The summed E-state index contributed by atoms with van der Waals surface area (Å²) in [4.78, 5) is 14.3. The Hall–Kier alpha value is -1.85. The highest BCUT2D eigenvalue weighted by molar-refractivity contribution is 8.26. The van der Waals surface area contributed by atoms with Crippen LogP contribution >= 0.6 is 24.0 Å². The van der Waals surface area contributed by atoms with Gasteiger partial charge in [0.25, 0.3) is 5.91 Å². The zero-order valence-electron chi connectivity index (χ0n) is 11.6. The average Bonchev–Trinajstić information content (AvgIpc) is 2.76. The van der Waals surface area contributed by atoms with Crippen LogP contribution in [0.15, 0.2) is 54.0 Å². The van der Waals surface area contributed by atoms with Gasteiger partial charge in [0.1, 0.15) is 10.1 Å². The molecule has 0 atom stereocenters. The molecule has 1 amide bonds. The number of hydrogen-bond donors (Lipinski definition) is 0. The van der Waals surface area contributed by atoms with Gasteiger partial charge in [0.2, 0.25) is 0 Å². The summed E-state index contributed by atoms with van der Waals surface area (Å²) in [5, 5.41) is 0. The van der Waals surface area contributed by atoms with Crippen molar-refractivity contribution in [3.8, 4) is 5.75 Å². The molecular formula is C16H15NO2S2. The van der Waals surface area contributed by atoms with Gasteiger partial charge in [-0.15, -0.1) is 6.58 Å². The van der Waals surface area contributed by atoms with E-state index in [0.29, 0.717) is 15.8 Å². The zero-order valence-corrected chi connectivity index (χ0v) is 13.2. The van der Waals surface area contributed by atoms with Gasteiger partial charge in [0.15, 0.2) is 0 Å². The van der Waals surface area contributed by atoms with Crippen molar-refractivity contribution in [2.45, 2.75) is 0 Å². The number of allylic oxidation sites excluding steroid dienone is 2. The minimum atomic E-state index is -0.0745. The number of thioether (sulfide) groups is 1. The summed E-state index contributed by atoms with van der Waals surface area (Å²) in [5.74, 6) is 0.718. The van der Waals surface area contributed by atoms with Crippen LogP contribution in [0.25, 0.3) is 6.08 Å². The summed E-state index contributed by atoms with van der Waals surface area (Å²) in [7, 11) is 1.63. The minimum Gasteiger partial charge on any atom is -0.496 e. The first kappa shape index (κ1) is 15.5. The van der Waals surface area contributed by atoms with Crippen molar-refractivity contribution < 1.29 is 9.53 Å². The van der Waals surface area contributed by atoms with Crippen LogP contribution in [0.1, 0.15) is 5.56 Å². The van der Waals surface area contributed by atoms with Crippen molar-refractivity contribution in [2.75, 3.05) is 13.7 Å². The second-order valence-electron chi connectivity index (χ2n) is 4.20. The first-order valence-corrected chi connectivity index (χ1v) is 7.55. The number of ether oxygens (including phenoxy) is 1. The Balaban J connectivity index is 2.14. The van der Waals surface area contributed by atoms with E-state index < -0.39 is 0 Å². The first-order valence-electron chi connectivity index (χ1n) is 6.33. The van der Waals surface area contributed by atoms with Gasteiger partial charge in [0.05, 0.1) is 12.0 Å². The number of thiocarbonyl (C=S) groups is 1. The molecule has 2 rings (SSSR count). The monoisotopic (exact) mass is 317 g/mol. The lowest BCUT2D eigenvalue weighted by molar-refractivity contribution is -0.121. The number of carbonyl (C=O) groups excluding carboxylic acids is 1. The van der Waals surface area contributed by atoms with Crippen LogP contribution in [0, 0.1) is 0 Å². The van der Waals surface area contributed by atoms with Gasteiger partial charge in [-0.1, -0.05) is 60.4 Å². The van der Waals surface area contributed by atoms with Crippen molar-refractivity contribution in [3.63, 3.8) is 0 Å². The highest BCUT2D eigenvalue weighted by atomic mass is 32.2. The zero-order chi connectivity index (χ0) is 15.2. The van der Waals surface area contributed by atoms with Crippen molar-refractivity contribution in [2.24, 2.45) is 0 Å². The van der Waals surface area contributed by atoms with Gasteiger partial charge in [-0.3, -0.25) is 9.69 Å². The fraction of sp³-hybridized carbons (Fsp3) is 0.125. The van der Waals surface area contributed by atoms with Gasteiger partial charge in [-0.05, 0) is 12.1 Å². The summed E-state index contributed by atoms with van der Waals surface area (Å²) in [6.07, 6.45) is 7.17. The molecule has 1 aromatic rings. The lowest BCUT2D eigenvalue weighted by Gasteiger charge is -2.10. The fourth-order valence-corrected chi connectivity index (χ4v) is 3.07. The number of nitrogens with zero attached hydrogens (tertiary/aromatic N) is 1. The van der Waals surface area contributed by atoms with E-state index in [9.17, 15) is 4.79 Å². The number of amides is 1. The molecule has 108 valence electrons. The van der Waals surface area contributed by atoms with E-state index in [-0.39, 0.29) is 5.91 Å². The third kappa shape index (κ3) is 3.62. The van der Waals surface area contributed by atoms with E-state index in [1.54, 1.807) is 19.3 Å². The van der Waals surface area contributed by atoms with Crippen LogP contribution in [0.4, 0.5) is 0 Å². The number of hydrogen-bond acceptors (Lipinski definition) is 4. The molecule has 0 saturated carbocycles. The molecule has 1 saturated heterocycles. The summed E-state index contributed by atoms with van der Waals surface area (Å²) in [5.41, 5.74) is 0.956. The van der Waals surface area contributed by atoms with Crippen molar-refractivity contribution in [1.29, 1.82) is 0 Å². The summed E-state index contributed by atoms with van der Waals surface area (Å²) >= 11 is 6.48. The van der Waals surface area contributed by atoms with Gasteiger partial charge in [0, 0.05) is 12.1 Å². The molecule has 5 heteroatoms. The Labute approximate surface area is 134 Å². The number of methoxy groups -OCH3 is 1. The number of rotatable bonds is 5. The molecule has 1 fully saturated rings. The average molecular weight is 317 g/mol. The Kier molecular flexibility index (Phi) is 5.36. The lowest BCUT2D eigenvalue weighted by Crippen LogP contribution is -2.27. The molecular weight excluding hydrogens is 302 g/mol. The largest absolute Gasteiger partial charge is 0.496 e. The Morgan fingerprint density at radius 1 is 1.43 bits per heavy atom. The molecule has 1 aliphatic heterocycles. The Bertz CT molecular complexity index is 635. The molecule has 1 aromatic carbocycles. The summed E-state index contributed by atoms with van der Waals surface area (Å²) < 4.78 is 5.84. The first-order chi connectivity index (χ1) is 10.2. The van der Waals surface area contributed by atoms with Crippen LogP contribution in [0.5, 0.6) is 5.75 Å². The Morgan fingerprint density at radius 3 is 2.90 bits per heavy atom. The maximum atomic E-state index is 12.1. The molecule has 21 heavy (non-hydrogen) atoms. The summed E-state index contributed by atoms with van der Waals surface area (Å²) in [6.45, 7) is 4.07. The number of para-hydroxylation sites is 1. The second kappa shape index (κ2) is 7.24. The molecule has 0 aromatic heterocycles. The molecule has 1 aliphatic rings. The molecule has 1 heterocycles. The van der Waals surface area contributed by atoms with Gasteiger partial charge in [-0.25, -0.2) is 0 Å². The van der Waals surface area contributed by atoms with Crippen LogP contribution in [-0.4, -0.2) is 28.8 Å². The van der Waals surface area contributed by atoms with Gasteiger partial charge >= 0.3 is 0 Å². The quantitative estimate of drug-likeness (QED) is 0.471. The third-order valence-electron chi connectivity index (χ3n) is 2.85. The second-order valence-corrected chi connectivity index (χ2v) is 5.88. The lowest BCUT2D eigenvalue weighted by atomic mass is 10.2. The van der Waals surface area contributed by atoms with Gasteiger partial charge < -0.3 is 4.74 Å². The highest BCUT2D eigenvalue weighted by Crippen LogP contribution is 2.31.